The van der Waals surface area contributed by atoms with Gasteiger partial charge in [0.15, 0.2) is 17.3 Å². The lowest BCUT2D eigenvalue weighted by Crippen LogP contribution is -2.52. The minimum absolute atomic E-state index is 0.0672. The number of Topliss-reactive ketones (excluding diaryl/α,β-unsaturated/α-hetero) is 1. The van der Waals surface area contributed by atoms with Gasteiger partial charge < -0.3 is 19.5 Å². The van der Waals surface area contributed by atoms with Crippen LogP contribution in [0.2, 0.25) is 0 Å². The first-order valence-electron chi connectivity index (χ1n) is 12.4. The molecule has 4 aliphatic heterocycles. The van der Waals surface area contributed by atoms with E-state index in [0.717, 1.165) is 36.2 Å². The largest absolute Gasteiger partial charge is 0.497 e. The van der Waals surface area contributed by atoms with Gasteiger partial charge in [-0.2, -0.15) is 0 Å². The lowest BCUT2D eigenvalue weighted by molar-refractivity contribution is -0.127. The molecule has 182 valence electrons. The molecular weight excluding hydrogens is 456 g/mol. The van der Waals surface area contributed by atoms with E-state index in [1.165, 1.54) is 0 Å². The van der Waals surface area contributed by atoms with Crippen molar-refractivity contribution in [2.75, 3.05) is 25.8 Å². The van der Waals surface area contributed by atoms with Crippen LogP contribution in [-0.2, 0) is 10.3 Å². The summed E-state index contributed by atoms with van der Waals surface area (Å²) in [4.78, 5) is 31.0. The molecule has 3 aromatic rings. The van der Waals surface area contributed by atoms with E-state index < -0.39 is 11.5 Å². The van der Waals surface area contributed by atoms with Gasteiger partial charge in [0.25, 0.3) is 0 Å². The molecule has 0 bridgehead atoms. The van der Waals surface area contributed by atoms with Crippen LogP contribution in [0.15, 0.2) is 66.7 Å². The SMILES string of the molecule is COc1ccc2c(c1)[C@]1(C(=O)N2)C(C(=O)c2ccc3c(c2)OCO3)C(c2ccccc2)C2CCCN21. The van der Waals surface area contributed by atoms with Crippen molar-refractivity contribution in [1.29, 1.82) is 0 Å². The van der Waals surface area contributed by atoms with E-state index in [9.17, 15) is 9.59 Å². The second-order valence-electron chi connectivity index (χ2n) is 9.88. The number of fused-ring (bicyclic) bond motifs is 5. The van der Waals surface area contributed by atoms with Crippen LogP contribution in [0.5, 0.6) is 17.2 Å². The Morgan fingerprint density at radius 1 is 1.06 bits per heavy atom. The van der Waals surface area contributed by atoms with Crippen LogP contribution in [-0.4, -0.2) is 43.1 Å². The summed E-state index contributed by atoms with van der Waals surface area (Å²) in [5.41, 5.74) is 2.03. The number of ether oxygens (including phenoxy) is 3. The van der Waals surface area contributed by atoms with Gasteiger partial charge in [0.05, 0.1) is 13.0 Å². The quantitative estimate of drug-likeness (QED) is 0.558. The summed E-state index contributed by atoms with van der Waals surface area (Å²) >= 11 is 0. The normalized spacial score (nSPS) is 27.7. The lowest BCUT2D eigenvalue weighted by atomic mass is 9.68. The first-order valence-corrected chi connectivity index (χ1v) is 12.4. The average Bonchev–Trinajstić information content (AvgIpc) is 3.68. The predicted octanol–water partition coefficient (Wildman–Crippen LogP) is 4.33. The standard InChI is InChI=1S/C29H26N2O5/c1-34-19-10-11-21-20(15-19)29(28(33)30-21)26(27(32)18-9-12-23-24(14-18)36-16-35-23)25(17-6-3-2-4-7-17)22-8-5-13-31(22)29/h2-4,6-7,9-12,14-15,22,25-26H,5,8,13,16H2,1H3,(H,30,33)/t22?,25?,26?,29-/m1/s1. The van der Waals surface area contributed by atoms with Crippen LogP contribution < -0.4 is 19.5 Å². The third kappa shape index (κ3) is 2.77. The molecule has 0 aliphatic carbocycles. The maximum absolute atomic E-state index is 14.6. The minimum atomic E-state index is -1.13. The Balaban J connectivity index is 1.47. The highest BCUT2D eigenvalue weighted by atomic mass is 16.7. The van der Waals surface area contributed by atoms with E-state index in [1.54, 1.807) is 25.3 Å². The van der Waals surface area contributed by atoms with Crippen LogP contribution in [0.25, 0.3) is 0 Å². The number of carbonyl (C=O) groups excluding carboxylic acids is 2. The molecule has 1 spiro atoms. The molecule has 3 aromatic carbocycles. The van der Waals surface area contributed by atoms with Crippen LogP contribution >= 0.6 is 0 Å². The molecule has 7 nitrogen and oxygen atoms in total. The van der Waals surface area contributed by atoms with Crippen molar-refractivity contribution in [2.45, 2.75) is 30.3 Å². The van der Waals surface area contributed by atoms with Gasteiger partial charge in [0, 0.05) is 28.8 Å². The molecule has 36 heavy (non-hydrogen) atoms. The van der Waals surface area contributed by atoms with Gasteiger partial charge in [-0.05, 0) is 61.3 Å². The Hall–Kier alpha value is -3.84. The maximum atomic E-state index is 14.6. The van der Waals surface area contributed by atoms with Crippen molar-refractivity contribution in [3.8, 4) is 17.2 Å². The zero-order valence-corrected chi connectivity index (χ0v) is 19.9. The molecule has 1 N–H and O–H groups in total. The number of benzene rings is 3. The molecule has 0 aromatic heterocycles. The molecule has 4 atom stereocenters. The molecule has 0 radical (unpaired) electrons. The second kappa shape index (κ2) is 7.83. The van der Waals surface area contributed by atoms with E-state index in [-0.39, 0.29) is 30.4 Å². The van der Waals surface area contributed by atoms with Gasteiger partial charge in [0.1, 0.15) is 11.3 Å². The van der Waals surface area contributed by atoms with Crippen molar-refractivity contribution in [1.82, 2.24) is 4.90 Å². The molecular formula is C29H26N2O5. The Morgan fingerprint density at radius 3 is 2.72 bits per heavy atom. The lowest BCUT2D eigenvalue weighted by Gasteiger charge is -2.37. The minimum Gasteiger partial charge on any atom is -0.497 e. The van der Waals surface area contributed by atoms with Gasteiger partial charge in [-0.25, -0.2) is 0 Å². The van der Waals surface area contributed by atoms with E-state index in [1.807, 2.05) is 36.4 Å². The summed E-state index contributed by atoms with van der Waals surface area (Å²) in [5, 5.41) is 3.11. The van der Waals surface area contributed by atoms with Crippen molar-refractivity contribution in [3.63, 3.8) is 0 Å². The number of methoxy groups -OCH3 is 1. The highest BCUT2D eigenvalue weighted by molar-refractivity contribution is 6.12. The fraction of sp³-hybridized carbons (Fsp3) is 0.310. The molecule has 0 saturated carbocycles. The van der Waals surface area contributed by atoms with Gasteiger partial charge in [-0.15, -0.1) is 0 Å². The molecule has 7 rings (SSSR count). The number of amides is 1. The topological polar surface area (TPSA) is 77.1 Å². The van der Waals surface area contributed by atoms with E-state index in [4.69, 9.17) is 14.2 Å². The fourth-order valence-electron chi connectivity index (χ4n) is 6.94. The molecule has 2 fully saturated rings. The van der Waals surface area contributed by atoms with Crippen LogP contribution in [0.4, 0.5) is 5.69 Å². The van der Waals surface area contributed by atoms with Crippen molar-refractivity contribution < 1.29 is 23.8 Å². The molecule has 4 aliphatic rings. The first kappa shape index (κ1) is 21.4. The molecule has 4 heterocycles. The number of nitrogens with one attached hydrogen (secondary N) is 1. The summed E-state index contributed by atoms with van der Waals surface area (Å²) in [5.74, 6) is 0.869. The zero-order chi connectivity index (χ0) is 24.4. The Bertz CT molecular complexity index is 1390. The average molecular weight is 483 g/mol. The highest BCUT2D eigenvalue weighted by Gasteiger charge is 2.69. The number of hydrogen-bond acceptors (Lipinski definition) is 6. The van der Waals surface area contributed by atoms with Crippen molar-refractivity contribution >= 4 is 17.4 Å². The Kier molecular flexibility index (Phi) is 4.66. The predicted molar refractivity (Wildman–Crippen MR) is 133 cm³/mol. The summed E-state index contributed by atoms with van der Waals surface area (Å²) < 4.78 is 16.6. The monoisotopic (exact) mass is 482 g/mol. The Labute approximate surface area is 209 Å². The van der Waals surface area contributed by atoms with Gasteiger partial charge >= 0.3 is 0 Å². The zero-order valence-electron chi connectivity index (χ0n) is 19.9. The van der Waals surface area contributed by atoms with Crippen LogP contribution in [0.1, 0.15) is 40.2 Å². The Morgan fingerprint density at radius 2 is 1.89 bits per heavy atom. The molecule has 7 heteroatoms. The van der Waals surface area contributed by atoms with E-state index >= 15 is 0 Å². The summed E-state index contributed by atoms with van der Waals surface area (Å²) in [7, 11) is 1.62. The third-order valence-corrected chi connectivity index (χ3v) is 8.33. The summed E-state index contributed by atoms with van der Waals surface area (Å²) in [6, 6.07) is 21.2. The fourth-order valence-corrected chi connectivity index (χ4v) is 6.94. The number of nitrogens with zero attached hydrogens (tertiary/aromatic N) is 1. The number of ketones is 1. The maximum Gasteiger partial charge on any atom is 0.250 e. The van der Waals surface area contributed by atoms with E-state index in [0.29, 0.717) is 22.8 Å². The van der Waals surface area contributed by atoms with E-state index in [2.05, 4.69) is 22.3 Å². The first-order chi connectivity index (χ1) is 17.6. The molecule has 2 saturated heterocycles. The van der Waals surface area contributed by atoms with Crippen molar-refractivity contribution in [3.05, 3.63) is 83.4 Å². The summed E-state index contributed by atoms with van der Waals surface area (Å²) in [6.45, 7) is 0.890. The number of hydrogen-bond donors (Lipinski definition) is 1. The number of rotatable bonds is 4. The molecule has 1 amide bonds. The van der Waals surface area contributed by atoms with Crippen LogP contribution in [0, 0.1) is 5.92 Å². The number of anilines is 1. The third-order valence-electron chi connectivity index (χ3n) is 8.33. The summed E-state index contributed by atoms with van der Waals surface area (Å²) in [6.07, 6.45) is 1.91. The van der Waals surface area contributed by atoms with Crippen LogP contribution in [0.3, 0.4) is 0 Å². The second-order valence-corrected chi connectivity index (χ2v) is 9.88. The highest BCUT2D eigenvalue weighted by Crippen LogP contribution is 2.61. The molecule has 3 unspecified atom stereocenters. The van der Waals surface area contributed by atoms with Gasteiger partial charge in [-0.1, -0.05) is 30.3 Å². The number of carbonyl (C=O) groups is 2. The van der Waals surface area contributed by atoms with Gasteiger partial charge in [0.2, 0.25) is 12.7 Å². The van der Waals surface area contributed by atoms with Crippen molar-refractivity contribution in [2.24, 2.45) is 5.92 Å². The van der Waals surface area contributed by atoms with Gasteiger partial charge in [-0.3, -0.25) is 14.5 Å². The smallest absolute Gasteiger partial charge is 0.250 e.